The SMILES string of the molecule is COc1ccc(C(=O)Nc2ccc(F)cc2C#N)cc1F. The first kappa shape index (κ1) is 14.5. The van der Waals surface area contributed by atoms with E-state index in [0.29, 0.717) is 0 Å². The molecular formula is C15H10F2N2O2. The maximum absolute atomic E-state index is 13.5. The van der Waals surface area contributed by atoms with Gasteiger partial charge < -0.3 is 10.1 Å². The lowest BCUT2D eigenvalue weighted by Gasteiger charge is -2.08. The molecule has 0 bridgehead atoms. The molecule has 106 valence electrons. The van der Waals surface area contributed by atoms with Gasteiger partial charge in [-0.1, -0.05) is 0 Å². The summed E-state index contributed by atoms with van der Waals surface area (Å²) < 4.78 is 31.3. The van der Waals surface area contributed by atoms with E-state index >= 15 is 0 Å². The fraction of sp³-hybridized carbons (Fsp3) is 0.0667. The van der Waals surface area contributed by atoms with Gasteiger partial charge >= 0.3 is 0 Å². The summed E-state index contributed by atoms with van der Waals surface area (Å²) in [5.74, 6) is -1.85. The molecule has 0 saturated carbocycles. The van der Waals surface area contributed by atoms with Crippen molar-refractivity contribution >= 4 is 11.6 Å². The molecule has 0 fully saturated rings. The van der Waals surface area contributed by atoms with Gasteiger partial charge in [0.25, 0.3) is 5.91 Å². The average Bonchev–Trinajstić information content (AvgIpc) is 2.48. The molecule has 0 unspecified atom stereocenters. The Kier molecular flexibility index (Phi) is 4.14. The predicted molar refractivity (Wildman–Crippen MR) is 72.0 cm³/mol. The molecule has 0 radical (unpaired) electrons. The van der Waals surface area contributed by atoms with Crippen LogP contribution in [0, 0.1) is 23.0 Å². The first-order valence-corrected chi connectivity index (χ1v) is 5.89. The molecule has 21 heavy (non-hydrogen) atoms. The van der Waals surface area contributed by atoms with Crippen LogP contribution in [0.3, 0.4) is 0 Å². The summed E-state index contributed by atoms with van der Waals surface area (Å²) in [6.45, 7) is 0. The standard InChI is InChI=1S/C15H10F2N2O2/c1-21-14-5-2-9(7-12(14)17)15(20)19-13-4-3-11(16)6-10(13)8-18/h2-7H,1H3,(H,19,20). The Hall–Kier alpha value is -2.94. The van der Waals surface area contributed by atoms with E-state index < -0.39 is 17.5 Å². The van der Waals surface area contributed by atoms with Gasteiger partial charge in [-0.2, -0.15) is 5.26 Å². The van der Waals surface area contributed by atoms with E-state index in [-0.39, 0.29) is 22.6 Å². The second-order valence-electron chi connectivity index (χ2n) is 4.11. The van der Waals surface area contributed by atoms with Crippen LogP contribution in [-0.2, 0) is 0 Å². The Labute approximate surface area is 119 Å². The Balaban J connectivity index is 2.26. The number of hydrogen-bond acceptors (Lipinski definition) is 3. The molecule has 0 aliphatic rings. The second kappa shape index (κ2) is 6.01. The molecule has 1 amide bonds. The van der Waals surface area contributed by atoms with Crippen molar-refractivity contribution in [2.24, 2.45) is 0 Å². The second-order valence-corrected chi connectivity index (χ2v) is 4.11. The van der Waals surface area contributed by atoms with E-state index in [0.717, 1.165) is 18.2 Å². The van der Waals surface area contributed by atoms with Crippen LogP contribution in [-0.4, -0.2) is 13.0 Å². The average molecular weight is 288 g/mol. The van der Waals surface area contributed by atoms with Crippen molar-refractivity contribution in [2.45, 2.75) is 0 Å². The Morgan fingerprint density at radius 3 is 2.62 bits per heavy atom. The van der Waals surface area contributed by atoms with Crippen molar-refractivity contribution < 1.29 is 18.3 Å². The number of nitriles is 1. The number of benzene rings is 2. The van der Waals surface area contributed by atoms with E-state index in [1.54, 1.807) is 6.07 Å². The number of ether oxygens (including phenoxy) is 1. The zero-order valence-corrected chi connectivity index (χ0v) is 11.0. The first-order chi connectivity index (χ1) is 10.0. The largest absolute Gasteiger partial charge is 0.494 e. The van der Waals surface area contributed by atoms with E-state index in [4.69, 9.17) is 10.00 Å². The highest BCUT2D eigenvalue weighted by Crippen LogP contribution is 2.20. The molecule has 0 aliphatic heterocycles. The number of carbonyl (C=O) groups excluding carboxylic acids is 1. The minimum Gasteiger partial charge on any atom is -0.494 e. The van der Waals surface area contributed by atoms with Crippen LogP contribution < -0.4 is 10.1 Å². The molecular weight excluding hydrogens is 278 g/mol. The van der Waals surface area contributed by atoms with Gasteiger partial charge in [0.2, 0.25) is 0 Å². The maximum Gasteiger partial charge on any atom is 0.255 e. The summed E-state index contributed by atoms with van der Waals surface area (Å²) in [5, 5.41) is 11.3. The zero-order chi connectivity index (χ0) is 15.4. The van der Waals surface area contributed by atoms with Gasteiger partial charge in [-0.25, -0.2) is 8.78 Å². The van der Waals surface area contributed by atoms with Crippen molar-refractivity contribution in [3.8, 4) is 11.8 Å². The summed E-state index contributed by atoms with van der Waals surface area (Å²) in [5.41, 5.74) is 0.193. The molecule has 2 rings (SSSR count). The van der Waals surface area contributed by atoms with Crippen molar-refractivity contribution in [1.29, 1.82) is 5.26 Å². The van der Waals surface area contributed by atoms with Crippen LogP contribution in [0.2, 0.25) is 0 Å². The summed E-state index contributed by atoms with van der Waals surface area (Å²) >= 11 is 0. The van der Waals surface area contributed by atoms with E-state index in [1.165, 1.54) is 25.3 Å². The molecule has 6 heteroatoms. The molecule has 0 spiro atoms. The minimum atomic E-state index is -0.676. The van der Waals surface area contributed by atoms with Crippen molar-refractivity contribution in [2.75, 3.05) is 12.4 Å². The van der Waals surface area contributed by atoms with Gasteiger partial charge in [0.15, 0.2) is 11.6 Å². The number of nitrogens with one attached hydrogen (secondary N) is 1. The smallest absolute Gasteiger partial charge is 0.255 e. The summed E-state index contributed by atoms with van der Waals surface area (Å²) in [6.07, 6.45) is 0. The highest BCUT2D eigenvalue weighted by molar-refractivity contribution is 6.05. The van der Waals surface area contributed by atoms with Crippen molar-refractivity contribution in [1.82, 2.24) is 0 Å². The molecule has 0 heterocycles. The third-order valence-corrected chi connectivity index (χ3v) is 2.76. The van der Waals surface area contributed by atoms with Gasteiger partial charge in [0.1, 0.15) is 11.9 Å². The number of nitrogens with zero attached hydrogens (tertiary/aromatic N) is 1. The Bertz CT molecular complexity index is 739. The topological polar surface area (TPSA) is 62.1 Å². The van der Waals surface area contributed by atoms with Crippen LogP contribution in [0.1, 0.15) is 15.9 Å². The lowest BCUT2D eigenvalue weighted by Crippen LogP contribution is -2.13. The van der Waals surface area contributed by atoms with Crippen molar-refractivity contribution in [3.05, 3.63) is 59.2 Å². The number of carbonyl (C=O) groups is 1. The van der Waals surface area contributed by atoms with Crippen LogP contribution in [0.4, 0.5) is 14.5 Å². The van der Waals surface area contributed by atoms with E-state index in [1.807, 2.05) is 0 Å². The zero-order valence-electron chi connectivity index (χ0n) is 11.0. The van der Waals surface area contributed by atoms with E-state index in [9.17, 15) is 13.6 Å². The number of methoxy groups -OCH3 is 1. The van der Waals surface area contributed by atoms with Crippen LogP contribution in [0.5, 0.6) is 5.75 Å². The molecule has 0 aromatic heterocycles. The van der Waals surface area contributed by atoms with Crippen LogP contribution in [0.15, 0.2) is 36.4 Å². The molecule has 2 aromatic carbocycles. The molecule has 0 atom stereocenters. The van der Waals surface area contributed by atoms with Gasteiger partial charge in [0.05, 0.1) is 18.4 Å². The maximum atomic E-state index is 13.5. The fourth-order valence-corrected chi connectivity index (χ4v) is 1.72. The number of rotatable bonds is 3. The minimum absolute atomic E-state index is 0.0164. The first-order valence-electron chi connectivity index (χ1n) is 5.89. The Morgan fingerprint density at radius 2 is 2.00 bits per heavy atom. The number of anilines is 1. The predicted octanol–water partition coefficient (Wildman–Crippen LogP) is 3.10. The molecule has 0 aliphatic carbocycles. The van der Waals surface area contributed by atoms with Crippen LogP contribution >= 0.6 is 0 Å². The van der Waals surface area contributed by atoms with E-state index in [2.05, 4.69) is 5.32 Å². The number of halogens is 2. The highest BCUT2D eigenvalue weighted by Gasteiger charge is 2.12. The van der Waals surface area contributed by atoms with Gasteiger partial charge in [-0.05, 0) is 36.4 Å². The lowest BCUT2D eigenvalue weighted by atomic mass is 10.1. The normalized spacial score (nSPS) is 9.81. The number of hydrogen-bond donors (Lipinski definition) is 1. The third kappa shape index (κ3) is 3.15. The lowest BCUT2D eigenvalue weighted by molar-refractivity contribution is 0.102. The molecule has 2 aromatic rings. The summed E-state index contributed by atoms with van der Waals surface area (Å²) in [6, 6.07) is 8.88. The summed E-state index contributed by atoms with van der Waals surface area (Å²) in [4.78, 5) is 12.0. The third-order valence-electron chi connectivity index (χ3n) is 2.76. The van der Waals surface area contributed by atoms with Gasteiger partial charge in [0, 0.05) is 5.56 Å². The molecule has 0 saturated heterocycles. The van der Waals surface area contributed by atoms with Gasteiger partial charge in [-0.15, -0.1) is 0 Å². The van der Waals surface area contributed by atoms with Crippen LogP contribution in [0.25, 0.3) is 0 Å². The van der Waals surface area contributed by atoms with Crippen molar-refractivity contribution in [3.63, 3.8) is 0 Å². The summed E-state index contributed by atoms with van der Waals surface area (Å²) in [7, 11) is 1.32. The fourth-order valence-electron chi connectivity index (χ4n) is 1.72. The Morgan fingerprint density at radius 1 is 1.24 bits per heavy atom. The molecule has 4 nitrogen and oxygen atoms in total. The molecule has 1 N–H and O–H groups in total. The quantitative estimate of drug-likeness (QED) is 0.944. The van der Waals surface area contributed by atoms with Gasteiger partial charge in [-0.3, -0.25) is 4.79 Å². The number of amides is 1. The monoisotopic (exact) mass is 288 g/mol. The highest BCUT2D eigenvalue weighted by atomic mass is 19.1.